The summed E-state index contributed by atoms with van der Waals surface area (Å²) in [7, 11) is 1.67. The third kappa shape index (κ3) is 3.58. The van der Waals surface area contributed by atoms with E-state index >= 15 is 0 Å². The van der Waals surface area contributed by atoms with Crippen LogP contribution in [0.4, 0.5) is 0 Å². The Hall–Kier alpha value is -1.51. The predicted octanol–water partition coefficient (Wildman–Crippen LogP) is 4.38. The van der Waals surface area contributed by atoms with Crippen molar-refractivity contribution in [3.8, 4) is 5.75 Å². The van der Waals surface area contributed by atoms with Crippen molar-refractivity contribution in [1.29, 1.82) is 0 Å². The van der Waals surface area contributed by atoms with Crippen LogP contribution in [0, 0.1) is 13.8 Å². The van der Waals surface area contributed by atoms with Gasteiger partial charge in [0.15, 0.2) is 0 Å². The first-order valence-electron chi connectivity index (χ1n) is 7.02. The van der Waals surface area contributed by atoms with Gasteiger partial charge < -0.3 is 10.5 Å². The first kappa shape index (κ1) is 15.9. The van der Waals surface area contributed by atoms with Crippen molar-refractivity contribution < 1.29 is 4.74 Å². The van der Waals surface area contributed by atoms with E-state index in [1.165, 1.54) is 11.1 Å². The molecule has 2 N–H and O–H groups in total. The van der Waals surface area contributed by atoms with E-state index in [4.69, 9.17) is 22.1 Å². The lowest BCUT2D eigenvalue weighted by molar-refractivity contribution is 0.399. The third-order valence-electron chi connectivity index (χ3n) is 3.81. The van der Waals surface area contributed by atoms with Crippen LogP contribution in [-0.2, 0) is 12.0 Å². The molecule has 0 fully saturated rings. The highest BCUT2D eigenvalue weighted by Gasteiger charge is 2.25. The van der Waals surface area contributed by atoms with Gasteiger partial charge in [-0.3, -0.25) is 0 Å². The third-order valence-corrected chi connectivity index (χ3v) is 4.04. The first-order valence-corrected chi connectivity index (χ1v) is 7.40. The Kier molecular flexibility index (Phi) is 4.60. The second kappa shape index (κ2) is 6.08. The summed E-state index contributed by atoms with van der Waals surface area (Å²) < 4.78 is 5.42. The molecule has 0 heterocycles. The number of aryl methyl sites for hydroxylation is 2. The highest BCUT2D eigenvalue weighted by atomic mass is 35.5. The molecule has 2 aromatic rings. The van der Waals surface area contributed by atoms with Gasteiger partial charge in [-0.05, 0) is 62.1 Å². The Morgan fingerprint density at radius 2 is 1.86 bits per heavy atom. The molecule has 1 unspecified atom stereocenters. The molecule has 112 valence electrons. The van der Waals surface area contributed by atoms with Gasteiger partial charge in [-0.15, -0.1) is 0 Å². The SMILES string of the molecule is COc1ccc(Cl)cc1CC(C)(N)c1cc(C)ccc1C. The minimum Gasteiger partial charge on any atom is -0.496 e. The van der Waals surface area contributed by atoms with Crippen LogP contribution in [0.15, 0.2) is 36.4 Å². The van der Waals surface area contributed by atoms with Crippen LogP contribution in [0.2, 0.25) is 5.02 Å². The van der Waals surface area contributed by atoms with Crippen LogP contribution in [0.25, 0.3) is 0 Å². The molecule has 0 aliphatic carbocycles. The van der Waals surface area contributed by atoms with E-state index in [1.807, 2.05) is 18.2 Å². The monoisotopic (exact) mass is 303 g/mol. The van der Waals surface area contributed by atoms with Gasteiger partial charge in [0.05, 0.1) is 7.11 Å². The van der Waals surface area contributed by atoms with Crippen molar-refractivity contribution in [1.82, 2.24) is 0 Å². The van der Waals surface area contributed by atoms with E-state index < -0.39 is 5.54 Å². The molecule has 0 saturated carbocycles. The van der Waals surface area contributed by atoms with Gasteiger partial charge in [-0.1, -0.05) is 35.4 Å². The fraction of sp³-hybridized carbons (Fsp3) is 0.333. The second-order valence-electron chi connectivity index (χ2n) is 5.87. The average molecular weight is 304 g/mol. The summed E-state index contributed by atoms with van der Waals surface area (Å²) in [6.07, 6.45) is 0.668. The lowest BCUT2D eigenvalue weighted by Crippen LogP contribution is -2.36. The minimum absolute atomic E-state index is 0.478. The fourth-order valence-electron chi connectivity index (χ4n) is 2.73. The van der Waals surface area contributed by atoms with Crippen molar-refractivity contribution in [2.24, 2.45) is 5.73 Å². The van der Waals surface area contributed by atoms with Crippen LogP contribution in [0.5, 0.6) is 5.75 Å². The maximum Gasteiger partial charge on any atom is 0.122 e. The van der Waals surface area contributed by atoms with Gasteiger partial charge >= 0.3 is 0 Å². The number of hydrogen-bond donors (Lipinski definition) is 1. The van der Waals surface area contributed by atoms with Crippen LogP contribution in [0.3, 0.4) is 0 Å². The molecule has 0 aromatic heterocycles. The molecule has 21 heavy (non-hydrogen) atoms. The number of hydrogen-bond acceptors (Lipinski definition) is 2. The number of nitrogens with two attached hydrogens (primary N) is 1. The van der Waals surface area contributed by atoms with Crippen LogP contribution in [-0.4, -0.2) is 7.11 Å². The summed E-state index contributed by atoms with van der Waals surface area (Å²) in [5, 5.41) is 0.697. The van der Waals surface area contributed by atoms with Gasteiger partial charge in [-0.25, -0.2) is 0 Å². The summed E-state index contributed by atoms with van der Waals surface area (Å²) in [5.41, 5.74) is 10.7. The molecule has 0 bridgehead atoms. The van der Waals surface area contributed by atoms with E-state index in [1.54, 1.807) is 7.11 Å². The highest BCUT2D eigenvalue weighted by Crippen LogP contribution is 2.31. The summed E-state index contributed by atoms with van der Waals surface area (Å²) >= 11 is 6.11. The van der Waals surface area contributed by atoms with E-state index in [2.05, 4.69) is 39.0 Å². The summed E-state index contributed by atoms with van der Waals surface area (Å²) in [4.78, 5) is 0. The lowest BCUT2D eigenvalue weighted by atomic mass is 9.83. The Labute approximate surface area is 131 Å². The largest absolute Gasteiger partial charge is 0.496 e. The molecule has 1 atom stereocenters. The van der Waals surface area contributed by atoms with Gasteiger partial charge in [0, 0.05) is 10.6 Å². The molecule has 0 amide bonds. The standard InChI is InChI=1S/C18H22ClNO/c1-12-5-6-13(2)16(9-12)18(3,20)11-14-10-15(19)7-8-17(14)21-4/h5-10H,11,20H2,1-4H3. The van der Waals surface area contributed by atoms with Crippen LogP contribution >= 0.6 is 11.6 Å². The molecule has 0 radical (unpaired) electrons. The Bertz CT molecular complexity index is 650. The smallest absolute Gasteiger partial charge is 0.122 e. The first-order chi connectivity index (χ1) is 9.83. The molecule has 2 nitrogen and oxygen atoms in total. The van der Waals surface area contributed by atoms with Gasteiger partial charge in [-0.2, -0.15) is 0 Å². The average Bonchev–Trinajstić information content (AvgIpc) is 2.41. The summed E-state index contributed by atoms with van der Waals surface area (Å²) in [6.45, 7) is 6.23. The van der Waals surface area contributed by atoms with Crippen LogP contribution in [0.1, 0.15) is 29.2 Å². The summed E-state index contributed by atoms with van der Waals surface area (Å²) in [5.74, 6) is 0.821. The number of rotatable bonds is 4. The molecular weight excluding hydrogens is 282 g/mol. The second-order valence-corrected chi connectivity index (χ2v) is 6.31. The normalized spacial score (nSPS) is 13.8. The topological polar surface area (TPSA) is 35.2 Å². The van der Waals surface area contributed by atoms with Crippen LogP contribution < -0.4 is 10.5 Å². The molecular formula is C18H22ClNO. The van der Waals surface area contributed by atoms with E-state index in [0.717, 1.165) is 16.9 Å². The Morgan fingerprint density at radius 3 is 2.52 bits per heavy atom. The van der Waals surface area contributed by atoms with E-state index in [9.17, 15) is 0 Å². The number of benzene rings is 2. The lowest BCUT2D eigenvalue weighted by Gasteiger charge is -2.28. The maximum absolute atomic E-state index is 6.61. The zero-order valence-corrected chi connectivity index (χ0v) is 13.8. The van der Waals surface area contributed by atoms with Crippen molar-refractivity contribution in [2.75, 3.05) is 7.11 Å². The Balaban J connectivity index is 2.41. The Morgan fingerprint density at radius 1 is 1.14 bits per heavy atom. The van der Waals surface area contributed by atoms with Crippen molar-refractivity contribution in [2.45, 2.75) is 32.7 Å². The van der Waals surface area contributed by atoms with Gasteiger partial charge in [0.25, 0.3) is 0 Å². The van der Waals surface area contributed by atoms with Crippen molar-refractivity contribution in [3.63, 3.8) is 0 Å². The quantitative estimate of drug-likeness (QED) is 0.909. The highest BCUT2D eigenvalue weighted by molar-refractivity contribution is 6.30. The summed E-state index contributed by atoms with van der Waals surface area (Å²) in [6, 6.07) is 12.0. The van der Waals surface area contributed by atoms with Crippen molar-refractivity contribution >= 4 is 11.6 Å². The molecule has 0 aliphatic heterocycles. The molecule has 2 aromatic carbocycles. The maximum atomic E-state index is 6.61. The molecule has 0 spiro atoms. The number of halogens is 1. The van der Waals surface area contributed by atoms with E-state index in [0.29, 0.717) is 11.4 Å². The van der Waals surface area contributed by atoms with E-state index in [-0.39, 0.29) is 0 Å². The fourth-order valence-corrected chi connectivity index (χ4v) is 2.92. The molecule has 2 rings (SSSR count). The zero-order valence-electron chi connectivity index (χ0n) is 13.0. The van der Waals surface area contributed by atoms with Crippen molar-refractivity contribution in [3.05, 3.63) is 63.7 Å². The van der Waals surface area contributed by atoms with Gasteiger partial charge in [0.2, 0.25) is 0 Å². The zero-order chi connectivity index (χ0) is 15.6. The number of methoxy groups -OCH3 is 1. The minimum atomic E-state index is -0.478. The predicted molar refractivity (Wildman–Crippen MR) is 89.2 cm³/mol. The number of ether oxygens (including phenoxy) is 1. The molecule has 3 heteroatoms. The molecule has 0 aliphatic rings. The van der Waals surface area contributed by atoms with Gasteiger partial charge in [0.1, 0.15) is 5.75 Å². The molecule has 0 saturated heterocycles.